The predicted molar refractivity (Wildman–Crippen MR) is 128 cm³/mol. The maximum atomic E-state index is 13.3. The van der Waals surface area contributed by atoms with Crippen molar-refractivity contribution in [3.05, 3.63) is 42.0 Å². The van der Waals surface area contributed by atoms with E-state index in [1.54, 1.807) is 40.9 Å². The number of piperidine rings is 1. The molecule has 2 aromatic carbocycles. The highest BCUT2D eigenvalue weighted by Crippen LogP contribution is 2.35. The zero-order valence-corrected chi connectivity index (χ0v) is 20.3. The zero-order chi connectivity index (χ0) is 24.4. The average Bonchev–Trinajstić information content (AvgIpc) is 3.12. The average molecular weight is 486 g/mol. The number of fused-ring (bicyclic) bond motifs is 1. The fourth-order valence-electron chi connectivity index (χ4n) is 4.34. The molecule has 0 aliphatic carbocycles. The van der Waals surface area contributed by atoms with Gasteiger partial charge in [-0.1, -0.05) is 0 Å². The zero-order valence-electron chi connectivity index (χ0n) is 19.5. The normalized spacial score (nSPS) is 19.6. The molecule has 4 amide bonds. The molecular formula is C24H27N3O6S. The van der Waals surface area contributed by atoms with Gasteiger partial charge in [0.15, 0.2) is 0 Å². The lowest BCUT2D eigenvalue weighted by Gasteiger charge is -2.32. The fraction of sp³-hybridized carbons (Fsp3) is 0.375. The van der Waals surface area contributed by atoms with Crippen molar-refractivity contribution in [3.63, 3.8) is 0 Å². The molecule has 0 saturated carbocycles. The number of nitrogens with one attached hydrogen (secondary N) is 1. The maximum absolute atomic E-state index is 13.3. The summed E-state index contributed by atoms with van der Waals surface area (Å²) in [7, 11) is 4.54. The summed E-state index contributed by atoms with van der Waals surface area (Å²) in [4.78, 5) is 43.0. The van der Waals surface area contributed by atoms with Gasteiger partial charge in [-0.2, -0.15) is 0 Å². The number of anilines is 1. The van der Waals surface area contributed by atoms with Crippen molar-refractivity contribution in [2.24, 2.45) is 0 Å². The van der Waals surface area contributed by atoms with Crippen molar-refractivity contribution >= 4 is 35.3 Å². The van der Waals surface area contributed by atoms with Crippen LogP contribution in [0.15, 0.2) is 41.3 Å². The first-order valence-corrected chi connectivity index (χ1v) is 12.0. The molecule has 0 aromatic heterocycles. The van der Waals surface area contributed by atoms with E-state index in [9.17, 15) is 14.4 Å². The largest absolute Gasteiger partial charge is 0.497 e. The standard InChI is InChI=1S/C24H27N3O6S/c1-31-16-10-15(11-17(12-16)32-2)27-23(29)20-9-14(7-8-26(20)24(27)30)25-22(28)19-6-5-18(34-4)13-21(19)33-3/h5-6,10-14,20H,7-9H2,1-4H3,(H,25,28)/t14-,20-/m0/s1. The molecule has 2 atom stereocenters. The van der Waals surface area contributed by atoms with Crippen molar-refractivity contribution in [1.82, 2.24) is 10.2 Å². The van der Waals surface area contributed by atoms with E-state index in [0.29, 0.717) is 47.9 Å². The number of ether oxygens (including phenoxy) is 3. The van der Waals surface area contributed by atoms with Gasteiger partial charge in [-0.25, -0.2) is 9.69 Å². The number of thioether (sulfide) groups is 1. The number of methoxy groups -OCH3 is 3. The van der Waals surface area contributed by atoms with Crippen LogP contribution in [0.3, 0.4) is 0 Å². The Morgan fingerprint density at radius 3 is 2.35 bits per heavy atom. The van der Waals surface area contributed by atoms with Crippen molar-refractivity contribution in [1.29, 1.82) is 0 Å². The van der Waals surface area contributed by atoms with Crippen LogP contribution in [0, 0.1) is 0 Å². The molecular weight excluding hydrogens is 458 g/mol. The number of hydrogen-bond acceptors (Lipinski definition) is 7. The third-order valence-corrected chi connectivity index (χ3v) is 6.85. The minimum Gasteiger partial charge on any atom is -0.497 e. The second-order valence-corrected chi connectivity index (χ2v) is 8.88. The van der Waals surface area contributed by atoms with Crippen LogP contribution in [0.4, 0.5) is 10.5 Å². The quantitative estimate of drug-likeness (QED) is 0.475. The Morgan fingerprint density at radius 1 is 1.03 bits per heavy atom. The Balaban J connectivity index is 1.51. The van der Waals surface area contributed by atoms with E-state index in [-0.39, 0.29) is 23.9 Å². The highest BCUT2D eigenvalue weighted by Gasteiger charge is 2.49. The lowest BCUT2D eigenvalue weighted by molar-refractivity contribution is -0.120. The van der Waals surface area contributed by atoms with Crippen LogP contribution in [0.2, 0.25) is 0 Å². The van der Waals surface area contributed by atoms with E-state index in [4.69, 9.17) is 14.2 Å². The van der Waals surface area contributed by atoms with Crippen molar-refractivity contribution in [3.8, 4) is 17.2 Å². The molecule has 180 valence electrons. The van der Waals surface area contributed by atoms with Gasteiger partial charge in [-0.3, -0.25) is 9.59 Å². The lowest BCUT2D eigenvalue weighted by atomic mass is 9.97. The summed E-state index contributed by atoms with van der Waals surface area (Å²) >= 11 is 1.56. The Kier molecular flexibility index (Phi) is 6.87. The van der Waals surface area contributed by atoms with Gasteiger partial charge >= 0.3 is 6.03 Å². The highest BCUT2D eigenvalue weighted by atomic mass is 32.2. The molecule has 0 spiro atoms. The van der Waals surface area contributed by atoms with E-state index in [1.165, 1.54) is 21.3 Å². The fourth-order valence-corrected chi connectivity index (χ4v) is 4.77. The Hall–Kier alpha value is -3.40. The van der Waals surface area contributed by atoms with Gasteiger partial charge in [0.2, 0.25) is 0 Å². The molecule has 0 radical (unpaired) electrons. The van der Waals surface area contributed by atoms with Crippen LogP contribution >= 0.6 is 11.8 Å². The molecule has 4 rings (SSSR count). The molecule has 2 aromatic rings. The maximum Gasteiger partial charge on any atom is 0.332 e. The summed E-state index contributed by atoms with van der Waals surface area (Å²) in [5, 5.41) is 3.01. The third-order valence-electron chi connectivity index (χ3n) is 6.13. The molecule has 10 heteroatoms. The van der Waals surface area contributed by atoms with Crippen LogP contribution in [-0.4, -0.2) is 69.0 Å². The molecule has 2 heterocycles. The molecule has 2 aliphatic heterocycles. The Labute approximate surface area is 202 Å². The smallest absolute Gasteiger partial charge is 0.332 e. The summed E-state index contributed by atoms with van der Waals surface area (Å²) in [6.07, 6.45) is 2.83. The van der Waals surface area contributed by atoms with Crippen molar-refractivity contribution in [2.45, 2.75) is 29.8 Å². The number of benzene rings is 2. The van der Waals surface area contributed by atoms with Crippen molar-refractivity contribution < 1.29 is 28.6 Å². The summed E-state index contributed by atoms with van der Waals surface area (Å²) in [5.74, 6) is 0.847. The highest BCUT2D eigenvalue weighted by molar-refractivity contribution is 7.98. The first-order chi connectivity index (χ1) is 16.4. The number of amides is 4. The monoisotopic (exact) mass is 485 g/mol. The summed E-state index contributed by atoms with van der Waals surface area (Å²) in [6.45, 7) is 0.361. The minimum absolute atomic E-state index is 0.254. The Morgan fingerprint density at radius 2 is 1.74 bits per heavy atom. The van der Waals surface area contributed by atoms with Crippen LogP contribution in [-0.2, 0) is 4.79 Å². The van der Waals surface area contributed by atoms with Gasteiger partial charge in [0, 0.05) is 35.7 Å². The molecule has 0 bridgehead atoms. The topological polar surface area (TPSA) is 97.4 Å². The van der Waals surface area contributed by atoms with E-state index < -0.39 is 6.04 Å². The minimum atomic E-state index is -0.649. The summed E-state index contributed by atoms with van der Waals surface area (Å²) < 4.78 is 16.0. The number of nitrogens with zero attached hydrogens (tertiary/aromatic N) is 2. The molecule has 1 N–H and O–H groups in total. The Bertz CT molecular complexity index is 1100. The van der Waals surface area contributed by atoms with Crippen LogP contribution in [0.25, 0.3) is 0 Å². The van der Waals surface area contributed by atoms with E-state index in [0.717, 1.165) is 9.80 Å². The van der Waals surface area contributed by atoms with E-state index in [2.05, 4.69) is 5.32 Å². The lowest BCUT2D eigenvalue weighted by Crippen LogP contribution is -2.49. The van der Waals surface area contributed by atoms with Gasteiger partial charge in [0.25, 0.3) is 11.8 Å². The summed E-state index contributed by atoms with van der Waals surface area (Å²) in [6, 6.07) is 9.06. The van der Waals surface area contributed by atoms with Crippen LogP contribution in [0.5, 0.6) is 17.2 Å². The number of imide groups is 1. The number of hydrogen-bond donors (Lipinski definition) is 1. The second-order valence-electron chi connectivity index (χ2n) is 8.00. The molecule has 34 heavy (non-hydrogen) atoms. The van der Waals surface area contributed by atoms with Gasteiger partial charge in [0.05, 0.1) is 32.6 Å². The third kappa shape index (κ3) is 4.37. The van der Waals surface area contributed by atoms with Gasteiger partial charge in [-0.15, -0.1) is 11.8 Å². The van der Waals surface area contributed by atoms with Gasteiger partial charge in [-0.05, 0) is 37.3 Å². The number of rotatable bonds is 7. The first kappa shape index (κ1) is 23.7. The van der Waals surface area contributed by atoms with Gasteiger partial charge in [0.1, 0.15) is 23.3 Å². The molecule has 2 aliphatic rings. The molecule has 2 saturated heterocycles. The van der Waals surface area contributed by atoms with E-state index in [1.807, 2.05) is 18.4 Å². The first-order valence-electron chi connectivity index (χ1n) is 10.8. The van der Waals surface area contributed by atoms with Crippen LogP contribution in [0.1, 0.15) is 23.2 Å². The SMILES string of the molecule is COc1cc(OC)cc(N2C(=O)[C@@H]3C[C@@H](NC(=O)c4ccc(SC)cc4OC)CCN3C2=O)c1. The predicted octanol–water partition coefficient (Wildman–Crippen LogP) is 3.16. The molecule has 0 unspecified atom stereocenters. The number of urea groups is 1. The van der Waals surface area contributed by atoms with Gasteiger partial charge < -0.3 is 24.4 Å². The molecule has 2 fully saturated rings. The molecule has 9 nitrogen and oxygen atoms in total. The summed E-state index contributed by atoms with van der Waals surface area (Å²) in [5.41, 5.74) is 0.821. The number of carbonyl (C=O) groups excluding carboxylic acids is 3. The second kappa shape index (κ2) is 9.84. The number of carbonyl (C=O) groups is 3. The van der Waals surface area contributed by atoms with Crippen molar-refractivity contribution in [2.75, 3.05) is 39.0 Å². The van der Waals surface area contributed by atoms with E-state index >= 15 is 0 Å². The van der Waals surface area contributed by atoms with Crippen LogP contribution < -0.4 is 24.4 Å².